The Morgan fingerprint density at radius 2 is 2.08 bits per heavy atom. The van der Waals surface area contributed by atoms with Crippen molar-refractivity contribution in [3.05, 3.63) is 59.0 Å². The van der Waals surface area contributed by atoms with Crippen molar-refractivity contribution in [1.29, 1.82) is 0 Å². The molecule has 0 saturated carbocycles. The first-order valence-electron chi connectivity index (χ1n) is 9.20. The average molecular weight is 353 g/mol. The maximum absolute atomic E-state index is 15.4. The van der Waals surface area contributed by atoms with Crippen LogP contribution in [0.5, 0.6) is 0 Å². The molecule has 1 aromatic rings. The fraction of sp³-hybridized carbons (Fsp3) is 0.455. The van der Waals surface area contributed by atoms with Crippen molar-refractivity contribution in [2.75, 3.05) is 0 Å². The Kier molecular flexibility index (Phi) is 4.63. The summed E-state index contributed by atoms with van der Waals surface area (Å²) in [4.78, 5) is 9.21. The van der Waals surface area contributed by atoms with Gasteiger partial charge in [-0.1, -0.05) is 26.5 Å². The van der Waals surface area contributed by atoms with Gasteiger partial charge in [-0.3, -0.25) is 4.99 Å². The topological polar surface area (TPSA) is 30.2 Å². The average Bonchev–Trinajstić information content (AvgIpc) is 2.89. The molecule has 4 heteroatoms. The molecule has 26 heavy (non-hydrogen) atoms. The summed E-state index contributed by atoms with van der Waals surface area (Å²) in [5, 5.41) is 0. The highest BCUT2D eigenvalue weighted by Gasteiger charge is 2.38. The molecule has 0 radical (unpaired) electrons. The fourth-order valence-electron chi connectivity index (χ4n) is 3.74. The molecule has 1 atom stereocenters. The van der Waals surface area contributed by atoms with Gasteiger partial charge < -0.3 is 4.57 Å². The predicted molar refractivity (Wildman–Crippen MR) is 107 cm³/mol. The van der Waals surface area contributed by atoms with Crippen LogP contribution in [-0.2, 0) is 7.05 Å². The van der Waals surface area contributed by atoms with Crippen LogP contribution in [-0.4, -0.2) is 20.8 Å². The third-order valence-corrected chi connectivity index (χ3v) is 5.44. The van der Waals surface area contributed by atoms with Crippen LogP contribution < -0.4 is 0 Å². The predicted octanol–water partition coefficient (Wildman–Crippen LogP) is 5.50. The van der Waals surface area contributed by atoms with Crippen molar-refractivity contribution >= 4 is 11.3 Å². The molecule has 1 aromatic heterocycles. The van der Waals surface area contributed by atoms with Gasteiger partial charge in [-0.05, 0) is 56.8 Å². The lowest BCUT2D eigenvalue weighted by molar-refractivity contribution is 0.495. The van der Waals surface area contributed by atoms with E-state index in [-0.39, 0.29) is 5.83 Å². The number of hydrogen-bond acceptors (Lipinski definition) is 2. The summed E-state index contributed by atoms with van der Waals surface area (Å²) in [6.45, 7) is 14.4. The number of hydrogen-bond donors (Lipinski definition) is 0. The van der Waals surface area contributed by atoms with Gasteiger partial charge in [-0.2, -0.15) is 0 Å². The Morgan fingerprint density at radius 1 is 1.38 bits per heavy atom. The van der Waals surface area contributed by atoms with Crippen molar-refractivity contribution in [2.45, 2.75) is 53.0 Å². The lowest BCUT2D eigenvalue weighted by Crippen LogP contribution is -2.33. The molecule has 0 bridgehead atoms. The van der Waals surface area contributed by atoms with E-state index in [1.807, 2.05) is 44.7 Å². The molecule has 3 nitrogen and oxygen atoms in total. The largest absolute Gasteiger partial charge is 0.331 e. The second-order valence-corrected chi connectivity index (χ2v) is 8.01. The van der Waals surface area contributed by atoms with Gasteiger partial charge in [0.05, 0.1) is 17.4 Å². The van der Waals surface area contributed by atoms with Crippen LogP contribution in [0.4, 0.5) is 4.39 Å². The first kappa shape index (κ1) is 18.6. The lowest BCUT2D eigenvalue weighted by Gasteiger charge is -2.36. The highest BCUT2D eigenvalue weighted by atomic mass is 19.1. The van der Waals surface area contributed by atoms with E-state index < -0.39 is 5.54 Å². The Morgan fingerprint density at radius 3 is 2.65 bits per heavy atom. The molecule has 1 aliphatic carbocycles. The van der Waals surface area contributed by atoms with Gasteiger partial charge in [-0.15, -0.1) is 0 Å². The number of imidazole rings is 1. The quantitative estimate of drug-likeness (QED) is 0.703. The lowest BCUT2D eigenvalue weighted by atomic mass is 9.76. The first-order chi connectivity index (χ1) is 12.1. The summed E-state index contributed by atoms with van der Waals surface area (Å²) in [7, 11) is 1.97. The summed E-state index contributed by atoms with van der Waals surface area (Å²) in [5.74, 6) is 1.21. The molecule has 1 aliphatic heterocycles. The second kappa shape index (κ2) is 6.49. The Labute approximate surface area is 155 Å². The number of aryl methyl sites for hydroxylation is 1. The maximum Gasteiger partial charge on any atom is 0.133 e. The van der Waals surface area contributed by atoms with Crippen LogP contribution in [0.15, 0.2) is 52.5 Å². The minimum atomic E-state index is -0.527. The third kappa shape index (κ3) is 3.02. The summed E-state index contributed by atoms with van der Waals surface area (Å²) in [6.07, 6.45) is 7.25. The number of allylic oxidation sites excluding steroid dienone is 4. The number of halogens is 1. The van der Waals surface area contributed by atoms with Gasteiger partial charge in [0, 0.05) is 23.9 Å². The van der Waals surface area contributed by atoms with E-state index >= 15 is 4.39 Å². The van der Waals surface area contributed by atoms with Crippen LogP contribution in [0.3, 0.4) is 0 Å². The summed E-state index contributed by atoms with van der Waals surface area (Å²) >= 11 is 0. The minimum absolute atomic E-state index is 0.103. The standard InChI is InChI=1S/C22H28FN3/c1-13(2)10-18-15(4)25-22(6)9-8-17(11-19(22)21(18)23)14(3)20-12-24-16(5)26(20)7/h8,11-13H,3,9-10H2,1-2,4-7H3. The van der Waals surface area contributed by atoms with Gasteiger partial charge in [0.2, 0.25) is 0 Å². The van der Waals surface area contributed by atoms with E-state index in [4.69, 9.17) is 4.99 Å². The molecular formula is C22H28FN3. The Balaban J connectivity index is 2.03. The van der Waals surface area contributed by atoms with Crippen molar-refractivity contribution in [3.63, 3.8) is 0 Å². The molecule has 0 N–H and O–H groups in total. The van der Waals surface area contributed by atoms with Crippen LogP contribution in [0, 0.1) is 12.8 Å². The van der Waals surface area contributed by atoms with E-state index in [1.165, 1.54) is 0 Å². The van der Waals surface area contributed by atoms with Crippen molar-refractivity contribution < 1.29 is 4.39 Å². The highest BCUT2D eigenvalue weighted by molar-refractivity contribution is 6.01. The van der Waals surface area contributed by atoms with Crippen molar-refractivity contribution in [1.82, 2.24) is 9.55 Å². The molecule has 2 aliphatic rings. The molecular weight excluding hydrogens is 325 g/mol. The van der Waals surface area contributed by atoms with E-state index in [0.29, 0.717) is 24.3 Å². The minimum Gasteiger partial charge on any atom is -0.331 e. The molecule has 0 amide bonds. The van der Waals surface area contributed by atoms with Gasteiger partial charge in [0.25, 0.3) is 0 Å². The molecule has 138 valence electrons. The van der Waals surface area contributed by atoms with Crippen LogP contribution in [0.2, 0.25) is 0 Å². The molecule has 2 heterocycles. The van der Waals surface area contributed by atoms with Gasteiger partial charge in [0.15, 0.2) is 0 Å². The zero-order valence-corrected chi connectivity index (χ0v) is 16.7. The van der Waals surface area contributed by atoms with E-state index in [9.17, 15) is 0 Å². The van der Waals surface area contributed by atoms with Crippen molar-refractivity contribution in [3.8, 4) is 0 Å². The number of fused-ring (bicyclic) bond motifs is 1. The number of dihydropyridines is 1. The van der Waals surface area contributed by atoms with E-state index in [1.54, 1.807) is 0 Å². The summed E-state index contributed by atoms with van der Waals surface area (Å²) in [6, 6.07) is 0. The fourth-order valence-corrected chi connectivity index (χ4v) is 3.74. The number of aliphatic imine (C=N–C) groups is 1. The van der Waals surface area contributed by atoms with Crippen molar-refractivity contribution in [2.24, 2.45) is 18.0 Å². The van der Waals surface area contributed by atoms with E-state index in [0.717, 1.165) is 33.9 Å². The van der Waals surface area contributed by atoms with Gasteiger partial charge >= 0.3 is 0 Å². The Bertz CT molecular complexity index is 892. The molecule has 1 unspecified atom stereocenters. The zero-order chi connectivity index (χ0) is 19.2. The summed E-state index contributed by atoms with van der Waals surface area (Å²) < 4.78 is 17.4. The number of aromatic nitrogens is 2. The Hall–Kier alpha value is -2.23. The summed E-state index contributed by atoms with van der Waals surface area (Å²) in [5.41, 5.74) is 4.50. The molecule has 3 rings (SSSR count). The first-order valence-corrected chi connectivity index (χ1v) is 9.20. The molecule has 0 aromatic carbocycles. The maximum atomic E-state index is 15.4. The van der Waals surface area contributed by atoms with Crippen LogP contribution in [0.25, 0.3) is 5.57 Å². The van der Waals surface area contributed by atoms with Crippen LogP contribution >= 0.6 is 0 Å². The molecule has 0 saturated heterocycles. The monoisotopic (exact) mass is 353 g/mol. The normalized spacial score (nSPS) is 22.8. The highest BCUT2D eigenvalue weighted by Crippen LogP contribution is 2.44. The molecule has 0 spiro atoms. The van der Waals surface area contributed by atoms with Gasteiger partial charge in [0.1, 0.15) is 11.7 Å². The van der Waals surface area contributed by atoms with E-state index in [2.05, 4.69) is 31.5 Å². The molecule has 0 fully saturated rings. The second-order valence-electron chi connectivity index (χ2n) is 8.01. The number of nitrogens with zero attached hydrogens (tertiary/aromatic N) is 3. The smallest absolute Gasteiger partial charge is 0.133 e. The van der Waals surface area contributed by atoms with Crippen LogP contribution in [0.1, 0.15) is 52.1 Å². The number of rotatable bonds is 4. The zero-order valence-electron chi connectivity index (χ0n) is 16.7. The third-order valence-electron chi connectivity index (χ3n) is 5.44. The SMILES string of the molecule is C=C(C1=CCC2(C)N=C(C)C(CC(C)C)=C(F)C2=C1)c1cnc(C)n1C. The van der Waals surface area contributed by atoms with Gasteiger partial charge in [-0.25, -0.2) is 9.37 Å².